The van der Waals surface area contributed by atoms with Gasteiger partial charge in [-0.25, -0.2) is 9.78 Å². The summed E-state index contributed by atoms with van der Waals surface area (Å²) in [6.07, 6.45) is -0.790. The van der Waals surface area contributed by atoms with E-state index >= 15 is 0 Å². The first-order chi connectivity index (χ1) is 21.1. The molecule has 3 heterocycles. The lowest BCUT2D eigenvalue weighted by Crippen LogP contribution is -2.76. The molecule has 2 fully saturated rings. The van der Waals surface area contributed by atoms with Crippen molar-refractivity contribution in [1.29, 1.82) is 5.41 Å². The van der Waals surface area contributed by atoms with Crippen LogP contribution < -0.4 is 26.4 Å². The van der Waals surface area contributed by atoms with Crippen LogP contribution in [0.5, 0.6) is 5.75 Å². The fourth-order valence-electron chi connectivity index (χ4n) is 4.47. The smallest absolute Gasteiger partial charge is 0.418 e. The van der Waals surface area contributed by atoms with Gasteiger partial charge in [-0.05, 0) is 58.0 Å². The molecule has 2 aliphatic rings. The van der Waals surface area contributed by atoms with Crippen molar-refractivity contribution in [2.45, 2.75) is 50.9 Å². The number of aryl methyl sites for hydroxylation is 1. The number of nitrogens with two attached hydrogens (primary N) is 1. The quantitative estimate of drug-likeness (QED) is 0.0462. The average Bonchev–Trinajstić information content (AvgIpc) is 3.60. The predicted molar refractivity (Wildman–Crippen MR) is 159 cm³/mol. The second kappa shape index (κ2) is 13.3. The largest absolute Gasteiger partial charge is 0.489 e. The maximum Gasteiger partial charge on any atom is 0.418 e. The number of ether oxygens (including phenoxy) is 1. The third-order valence-corrected chi connectivity index (χ3v) is 8.01. The summed E-state index contributed by atoms with van der Waals surface area (Å²) in [5.41, 5.74) is 4.39. The molecule has 45 heavy (non-hydrogen) atoms. The standard InChI is InChI=1S/C25H32N8O10S2/c1-12-17(30-24(27)44-12)18(21(34)31-19-22(35)33(25(19,2)3)43-45(38,39)40)32-42-16(23(36)37)11-41-15-6-4-13(5-7-15)20(26)29-14-8-9-28-10-14/h4-7,14,16,19,28H,8-11H2,1-3H3,(H2,26,29)(H2,27,30)(H,31,34)(H,36,37)(H,38,39,40)/b32-18-/t14-,16+,19-/m1/s1. The number of carboxylic acids is 1. The van der Waals surface area contributed by atoms with Gasteiger partial charge in [-0.1, -0.05) is 5.16 Å². The Labute approximate surface area is 261 Å². The van der Waals surface area contributed by atoms with E-state index in [9.17, 15) is 27.9 Å². The number of thiazole rings is 1. The van der Waals surface area contributed by atoms with Crippen LogP contribution in [0.4, 0.5) is 5.13 Å². The summed E-state index contributed by atoms with van der Waals surface area (Å²) in [5, 5.41) is 30.9. The Kier molecular flexibility index (Phi) is 9.92. The molecule has 1 aromatic heterocycles. The molecule has 18 nitrogen and oxygen atoms in total. The van der Waals surface area contributed by atoms with E-state index in [1.807, 2.05) is 0 Å². The van der Waals surface area contributed by atoms with Gasteiger partial charge in [0.2, 0.25) is 0 Å². The molecule has 20 heteroatoms. The van der Waals surface area contributed by atoms with Crippen LogP contribution in [0.15, 0.2) is 29.4 Å². The number of aliphatic carboxylic acids is 1. The minimum Gasteiger partial charge on any atom is -0.489 e. The van der Waals surface area contributed by atoms with Crippen molar-refractivity contribution >= 4 is 56.2 Å². The summed E-state index contributed by atoms with van der Waals surface area (Å²) in [4.78, 5) is 47.5. The summed E-state index contributed by atoms with van der Waals surface area (Å²) in [7, 11) is -5.02. The lowest BCUT2D eigenvalue weighted by Gasteiger charge is -2.50. The van der Waals surface area contributed by atoms with Gasteiger partial charge in [-0.15, -0.1) is 15.6 Å². The van der Waals surface area contributed by atoms with E-state index in [-0.39, 0.29) is 28.5 Å². The molecule has 4 rings (SSSR count). The molecule has 2 aliphatic heterocycles. The fraction of sp³-hybridized carbons (Fsp3) is 0.440. The highest BCUT2D eigenvalue weighted by Gasteiger charge is 2.58. The minimum atomic E-state index is -5.02. The van der Waals surface area contributed by atoms with E-state index in [4.69, 9.17) is 25.3 Å². The maximum atomic E-state index is 13.3. The van der Waals surface area contributed by atoms with Gasteiger partial charge in [-0.3, -0.25) is 19.6 Å². The highest BCUT2D eigenvalue weighted by atomic mass is 32.3. The first kappa shape index (κ1) is 33.5. The molecular formula is C25H32N8O10S2. The maximum absolute atomic E-state index is 13.3. The SMILES string of the molecule is Cc1sc(N)nc1/C(=N/O[C@@H](COc1ccc(C(=N)N[C@@H]2CCNC2)cc1)C(=O)O)C(=O)N[C@@H]1C(=O)N(OS(=O)(=O)O)C1(C)C. The molecule has 2 saturated heterocycles. The topological polar surface area (TPSA) is 268 Å². The van der Waals surface area contributed by atoms with Gasteiger partial charge in [0.25, 0.3) is 17.9 Å². The highest BCUT2D eigenvalue weighted by molar-refractivity contribution is 7.80. The number of hydrogen-bond donors (Lipinski definition) is 7. The first-order valence-electron chi connectivity index (χ1n) is 13.4. The number of carboxylic acid groups (broad SMARTS) is 1. The monoisotopic (exact) mass is 668 g/mol. The Morgan fingerprint density at radius 1 is 1.31 bits per heavy atom. The van der Waals surface area contributed by atoms with Gasteiger partial charge < -0.3 is 36.4 Å². The molecule has 2 amide bonds. The number of hydroxylamine groups is 2. The van der Waals surface area contributed by atoms with Gasteiger partial charge in [0, 0.05) is 23.0 Å². The zero-order valence-electron chi connectivity index (χ0n) is 24.3. The van der Waals surface area contributed by atoms with Gasteiger partial charge in [0.15, 0.2) is 10.8 Å². The molecule has 0 spiro atoms. The summed E-state index contributed by atoms with van der Waals surface area (Å²) in [6.45, 7) is 5.42. The van der Waals surface area contributed by atoms with Crippen molar-refractivity contribution in [1.82, 2.24) is 26.0 Å². The van der Waals surface area contributed by atoms with Gasteiger partial charge in [0.05, 0.1) is 5.54 Å². The van der Waals surface area contributed by atoms with E-state index < -0.39 is 58.2 Å². The van der Waals surface area contributed by atoms with E-state index in [0.29, 0.717) is 15.5 Å². The summed E-state index contributed by atoms with van der Waals surface area (Å²) < 4.78 is 41.0. The second-order valence-electron chi connectivity index (χ2n) is 10.6. The van der Waals surface area contributed by atoms with Crippen LogP contribution in [-0.2, 0) is 33.9 Å². The van der Waals surface area contributed by atoms with Crippen molar-refractivity contribution < 1.29 is 46.3 Å². The van der Waals surface area contributed by atoms with Gasteiger partial charge in [-0.2, -0.15) is 13.5 Å². The van der Waals surface area contributed by atoms with Crippen molar-refractivity contribution in [3.05, 3.63) is 40.4 Å². The van der Waals surface area contributed by atoms with Gasteiger partial charge in [0.1, 0.15) is 29.9 Å². The lowest BCUT2D eigenvalue weighted by atomic mass is 9.84. The Balaban J connectivity index is 1.45. The molecular weight excluding hydrogens is 636 g/mol. The number of nitrogens with zero attached hydrogens (tertiary/aromatic N) is 3. The van der Waals surface area contributed by atoms with Crippen LogP contribution in [-0.4, -0.2) is 101 Å². The molecule has 3 atom stereocenters. The molecule has 0 saturated carbocycles. The minimum absolute atomic E-state index is 0.0456. The van der Waals surface area contributed by atoms with Crippen LogP contribution in [0.1, 0.15) is 36.4 Å². The lowest BCUT2D eigenvalue weighted by molar-refractivity contribution is -0.218. The molecule has 0 aliphatic carbocycles. The van der Waals surface area contributed by atoms with Gasteiger partial charge >= 0.3 is 16.4 Å². The molecule has 244 valence electrons. The Hall–Kier alpha value is -4.37. The number of nitrogens with one attached hydrogen (secondary N) is 4. The van der Waals surface area contributed by atoms with Crippen LogP contribution in [0.2, 0.25) is 0 Å². The summed E-state index contributed by atoms with van der Waals surface area (Å²) >= 11 is 1.02. The number of nitrogen functional groups attached to an aromatic ring is 1. The molecule has 2 aromatic rings. The van der Waals surface area contributed by atoms with Crippen molar-refractivity contribution in [3.63, 3.8) is 0 Å². The third-order valence-electron chi connectivity index (χ3n) is 6.87. The number of carbonyl (C=O) groups is 3. The third kappa shape index (κ3) is 8.02. The number of β-lactam (4-membered cyclic amide) rings is 1. The molecule has 0 unspecified atom stereocenters. The number of oxime groups is 1. The number of amidine groups is 1. The van der Waals surface area contributed by atoms with Crippen LogP contribution in [0.25, 0.3) is 0 Å². The van der Waals surface area contributed by atoms with Crippen LogP contribution >= 0.6 is 11.3 Å². The van der Waals surface area contributed by atoms with Crippen LogP contribution in [0.3, 0.4) is 0 Å². The van der Waals surface area contributed by atoms with E-state index in [1.54, 1.807) is 31.2 Å². The zero-order valence-corrected chi connectivity index (χ0v) is 25.9. The number of amides is 2. The second-order valence-corrected chi connectivity index (χ2v) is 12.8. The summed E-state index contributed by atoms with van der Waals surface area (Å²) in [5.74, 6) is -2.95. The zero-order chi connectivity index (χ0) is 33.1. The molecule has 0 bridgehead atoms. The van der Waals surface area contributed by atoms with Crippen molar-refractivity contribution in [2.24, 2.45) is 5.16 Å². The average molecular weight is 669 g/mol. The number of carbonyl (C=O) groups excluding carboxylic acids is 2. The van der Waals surface area contributed by atoms with E-state index in [0.717, 1.165) is 30.8 Å². The van der Waals surface area contributed by atoms with Crippen molar-refractivity contribution in [2.75, 3.05) is 25.4 Å². The molecule has 1 aromatic carbocycles. The Morgan fingerprint density at radius 2 is 2.00 bits per heavy atom. The van der Waals surface area contributed by atoms with Crippen molar-refractivity contribution in [3.8, 4) is 5.75 Å². The van der Waals surface area contributed by atoms with E-state index in [2.05, 4.69) is 30.4 Å². The predicted octanol–water partition coefficient (Wildman–Crippen LogP) is -0.597. The normalized spacial score (nSPS) is 20.2. The van der Waals surface area contributed by atoms with Crippen LogP contribution in [0, 0.1) is 12.3 Å². The molecule has 8 N–H and O–H groups in total. The fourth-order valence-corrected chi connectivity index (χ4v) is 5.61. The number of rotatable bonds is 13. The number of aromatic nitrogens is 1. The molecule has 0 radical (unpaired) electrons. The number of hydrogen-bond acceptors (Lipinski definition) is 14. The van der Waals surface area contributed by atoms with E-state index in [1.165, 1.54) is 13.8 Å². The first-order valence-corrected chi connectivity index (χ1v) is 15.6. The highest BCUT2D eigenvalue weighted by Crippen LogP contribution is 2.33. The number of anilines is 1. The Morgan fingerprint density at radius 3 is 2.53 bits per heavy atom. The Bertz CT molecular complexity index is 1600. The summed E-state index contributed by atoms with van der Waals surface area (Å²) in [6, 6.07) is 5.24. The number of benzene rings is 1.